The Morgan fingerprint density at radius 1 is 1.47 bits per heavy atom. The van der Waals surface area contributed by atoms with Crippen molar-refractivity contribution >= 4 is 11.6 Å². The van der Waals surface area contributed by atoms with Crippen LogP contribution in [0, 0.1) is 0 Å². The highest BCUT2D eigenvalue weighted by Crippen LogP contribution is 2.31. The van der Waals surface area contributed by atoms with Crippen LogP contribution >= 0.6 is 0 Å². The summed E-state index contributed by atoms with van der Waals surface area (Å²) in [6.07, 6.45) is 3.53. The van der Waals surface area contributed by atoms with Crippen LogP contribution in [0.2, 0.25) is 0 Å². The molecule has 0 fully saturated rings. The van der Waals surface area contributed by atoms with Crippen LogP contribution in [0.15, 0.2) is 36.7 Å². The molecule has 19 heavy (non-hydrogen) atoms. The predicted molar refractivity (Wildman–Crippen MR) is 72.8 cm³/mol. The van der Waals surface area contributed by atoms with Gasteiger partial charge < -0.3 is 10.6 Å². The van der Waals surface area contributed by atoms with Gasteiger partial charge in [0, 0.05) is 24.0 Å². The Balaban J connectivity index is 1.72. The molecule has 5 heteroatoms. The summed E-state index contributed by atoms with van der Waals surface area (Å²) in [5, 5.41) is 12.9. The van der Waals surface area contributed by atoms with Gasteiger partial charge in [0.1, 0.15) is 0 Å². The van der Waals surface area contributed by atoms with E-state index in [1.807, 2.05) is 31.2 Å². The molecule has 2 aromatic rings. The van der Waals surface area contributed by atoms with Crippen LogP contribution < -0.4 is 10.6 Å². The first-order chi connectivity index (χ1) is 9.25. The molecule has 1 aromatic carbocycles. The number of H-pyrrole nitrogens is 1. The Labute approximate surface area is 111 Å². The molecule has 1 aromatic heterocycles. The number of fused-ring (bicyclic) bond motifs is 1. The molecule has 2 atom stereocenters. The number of para-hydroxylation sites is 1. The number of carbonyl (C=O) groups is 1. The molecule has 1 aliphatic rings. The smallest absolute Gasteiger partial charge is 0.229 e. The number of nitrogens with one attached hydrogen (secondary N) is 3. The number of anilines is 1. The Morgan fingerprint density at radius 3 is 3.11 bits per heavy atom. The molecular weight excluding hydrogens is 240 g/mol. The number of hydrogen-bond acceptors (Lipinski definition) is 3. The molecule has 98 valence electrons. The van der Waals surface area contributed by atoms with E-state index in [2.05, 4.69) is 20.8 Å². The largest absolute Gasteiger partial charge is 0.384 e. The number of rotatable bonds is 3. The molecule has 3 rings (SSSR count). The Hall–Kier alpha value is -2.30. The molecule has 0 spiro atoms. The summed E-state index contributed by atoms with van der Waals surface area (Å²) in [5.74, 6) is -0.0725. The molecule has 0 saturated carbocycles. The zero-order chi connectivity index (χ0) is 13.2. The van der Waals surface area contributed by atoms with E-state index >= 15 is 0 Å². The van der Waals surface area contributed by atoms with Crippen LogP contribution in [0.25, 0.3) is 0 Å². The molecule has 0 saturated heterocycles. The number of hydrogen-bond donors (Lipinski definition) is 3. The standard InChI is InChI=1S/C14H16N4O/c1-9(10-6-16-17-7-10)18-14(19)12-8-15-13-5-3-2-4-11(12)13/h2-7,9,12,15H,8H2,1H3,(H,16,17)(H,18,19). The van der Waals surface area contributed by atoms with Gasteiger partial charge in [-0.25, -0.2) is 0 Å². The third kappa shape index (κ3) is 2.19. The van der Waals surface area contributed by atoms with E-state index in [4.69, 9.17) is 0 Å². The Morgan fingerprint density at radius 2 is 2.32 bits per heavy atom. The summed E-state index contributed by atoms with van der Waals surface area (Å²) >= 11 is 0. The molecule has 0 radical (unpaired) electrons. The zero-order valence-corrected chi connectivity index (χ0v) is 10.7. The topological polar surface area (TPSA) is 69.8 Å². The molecule has 1 amide bonds. The second-order valence-electron chi connectivity index (χ2n) is 4.78. The average Bonchev–Trinajstić information content (AvgIpc) is 3.08. The first-order valence-corrected chi connectivity index (χ1v) is 6.37. The first kappa shape index (κ1) is 11.8. The van der Waals surface area contributed by atoms with Crippen molar-refractivity contribution in [2.24, 2.45) is 0 Å². The van der Waals surface area contributed by atoms with Crippen molar-refractivity contribution in [2.45, 2.75) is 18.9 Å². The van der Waals surface area contributed by atoms with E-state index in [1.54, 1.807) is 12.4 Å². The molecular formula is C14H16N4O. The maximum Gasteiger partial charge on any atom is 0.229 e. The maximum absolute atomic E-state index is 12.3. The van der Waals surface area contributed by atoms with E-state index in [1.165, 1.54) is 0 Å². The van der Waals surface area contributed by atoms with Crippen LogP contribution in [0.1, 0.15) is 30.0 Å². The summed E-state index contributed by atoms with van der Waals surface area (Å²) in [7, 11) is 0. The minimum Gasteiger partial charge on any atom is -0.384 e. The number of aromatic nitrogens is 2. The monoisotopic (exact) mass is 256 g/mol. The van der Waals surface area contributed by atoms with Gasteiger partial charge in [-0.1, -0.05) is 18.2 Å². The van der Waals surface area contributed by atoms with Gasteiger partial charge in [0.2, 0.25) is 5.91 Å². The lowest BCUT2D eigenvalue weighted by Crippen LogP contribution is -2.32. The number of nitrogens with zero attached hydrogens (tertiary/aromatic N) is 1. The zero-order valence-electron chi connectivity index (χ0n) is 10.7. The molecule has 3 N–H and O–H groups in total. The van der Waals surface area contributed by atoms with Crippen molar-refractivity contribution in [1.82, 2.24) is 15.5 Å². The molecule has 0 bridgehead atoms. The molecule has 0 aliphatic carbocycles. The van der Waals surface area contributed by atoms with Crippen molar-refractivity contribution in [2.75, 3.05) is 11.9 Å². The van der Waals surface area contributed by atoms with Crippen molar-refractivity contribution in [3.8, 4) is 0 Å². The van der Waals surface area contributed by atoms with E-state index in [0.717, 1.165) is 16.8 Å². The lowest BCUT2D eigenvalue weighted by atomic mass is 10.00. The lowest BCUT2D eigenvalue weighted by Gasteiger charge is -2.16. The van der Waals surface area contributed by atoms with Gasteiger partial charge in [-0.15, -0.1) is 0 Å². The van der Waals surface area contributed by atoms with Crippen molar-refractivity contribution in [3.05, 3.63) is 47.8 Å². The number of benzene rings is 1. The summed E-state index contributed by atoms with van der Waals surface area (Å²) in [4.78, 5) is 12.3. The molecule has 2 heterocycles. The van der Waals surface area contributed by atoms with Crippen LogP contribution in [0.5, 0.6) is 0 Å². The SMILES string of the molecule is CC(NC(=O)C1CNc2ccccc21)c1cn[nH]c1. The fourth-order valence-corrected chi connectivity index (χ4v) is 2.41. The van der Waals surface area contributed by atoms with Crippen LogP contribution in [0.4, 0.5) is 5.69 Å². The summed E-state index contributed by atoms with van der Waals surface area (Å²) in [6, 6.07) is 7.90. The number of amides is 1. The molecule has 2 unspecified atom stereocenters. The summed E-state index contributed by atoms with van der Waals surface area (Å²) in [5.41, 5.74) is 3.10. The quantitative estimate of drug-likeness (QED) is 0.784. The van der Waals surface area contributed by atoms with Gasteiger partial charge in [-0.3, -0.25) is 9.89 Å². The fraction of sp³-hybridized carbons (Fsp3) is 0.286. The highest BCUT2D eigenvalue weighted by Gasteiger charge is 2.28. The van der Waals surface area contributed by atoms with Gasteiger partial charge in [0.25, 0.3) is 0 Å². The third-order valence-corrected chi connectivity index (χ3v) is 3.53. The van der Waals surface area contributed by atoms with E-state index in [-0.39, 0.29) is 17.9 Å². The van der Waals surface area contributed by atoms with E-state index < -0.39 is 0 Å². The Bertz CT molecular complexity index is 579. The first-order valence-electron chi connectivity index (χ1n) is 6.37. The van der Waals surface area contributed by atoms with Gasteiger partial charge in [0.05, 0.1) is 18.2 Å². The normalized spacial score (nSPS) is 18.5. The predicted octanol–water partition coefficient (Wildman–Crippen LogP) is 1.80. The van der Waals surface area contributed by atoms with Crippen LogP contribution in [0.3, 0.4) is 0 Å². The third-order valence-electron chi connectivity index (χ3n) is 3.53. The van der Waals surface area contributed by atoms with Gasteiger partial charge >= 0.3 is 0 Å². The maximum atomic E-state index is 12.3. The van der Waals surface area contributed by atoms with Crippen molar-refractivity contribution < 1.29 is 4.79 Å². The summed E-state index contributed by atoms with van der Waals surface area (Å²) in [6.45, 7) is 2.61. The average molecular weight is 256 g/mol. The van der Waals surface area contributed by atoms with Gasteiger partial charge in [0.15, 0.2) is 0 Å². The second kappa shape index (κ2) is 4.76. The van der Waals surface area contributed by atoms with Crippen molar-refractivity contribution in [3.63, 3.8) is 0 Å². The fourth-order valence-electron chi connectivity index (χ4n) is 2.41. The lowest BCUT2D eigenvalue weighted by molar-refractivity contribution is -0.122. The van der Waals surface area contributed by atoms with Gasteiger partial charge in [-0.2, -0.15) is 5.10 Å². The number of carbonyl (C=O) groups excluding carboxylic acids is 1. The highest BCUT2D eigenvalue weighted by atomic mass is 16.2. The highest BCUT2D eigenvalue weighted by molar-refractivity contribution is 5.88. The summed E-state index contributed by atoms with van der Waals surface area (Å²) < 4.78 is 0. The van der Waals surface area contributed by atoms with Crippen LogP contribution in [-0.2, 0) is 4.79 Å². The number of aromatic amines is 1. The van der Waals surface area contributed by atoms with Gasteiger partial charge in [-0.05, 0) is 18.6 Å². The second-order valence-corrected chi connectivity index (χ2v) is 4.78. The van der Waals surface area contributed by atoms with Crippen LogP contribution in [-0.4, -0.2) is 22.6 Å². The minimum atomic E-state index is -0.120. The minimum absolute atomic E-state index is 0.0426. The molecule has 5 nitrogen and oxygen atoms in total. The molecule has 1 aliphatic heterocycles. The van der Waals surface area contributed by atoms with E-state index in [9.17, 15) is 4.79 Å². The van der Waals surface area contributed by atoms with E-state index in [0.29, 0.717) is 6.54 Å². The Kier molecular flexibility index (Phi) is 2.95. The van der Waals surface area contributed by atoms with Crippen molar-refractivity contribution in [1.29, 1.82) is 0 Å².